The highest BCUT2D eigenvalue weighted by molar-refractivity contribution is 5.48. The van der Waals surface area contributed by atoms with Gasteiger partial charge in [-0.1, -0.05) is 0 Å². The van der Waals surface area contributed by atoms with E-state index in [4.69, 9.17) is 20.0 Å². The van der Waals surface area contributed by atoms with Crippen LogP contribution in [0.25, 0.3) is 0 Å². The Hall–Kier alpha value is -2.57. The predicted molar refractivity (Wildman–Crippen MR) is 67.0 cm³/mol. The number of pyridine rings is 1. The zero-order valence-electron chi connectivity index (χ0n) is 10.2. The van der Waals surface area contributed by atoms with Crippen molar-refractivity contribution in [3.63, 3.8) is 0 Å². The van der Waals surface area contributed by atoms with Crippen molar-refractivity contribution >= 4 is 5.69 Å². The monoisotopic (exact) mass is 256 g/mol. The first-order valence-corrected chi connectivity index (χ1v) is 5.79. The molecule has 2 rings (SSSR count). The van der Waals surface area contributed by atoms with Crippen molar-refractivity contribution in [1.82, 2.24) is 4.98 Å². The van der Waals surface area contributed by atoms with Gasteiger partial charge in [0.25, 0.3) is 0 Å². The molecular formula is C13H12N4O2. The van der Waals surface area contributed by atoms with E-state index in [-0.39, 0.29) is 11.7 Å². The summed E-state index contributed by atoms with van der Waals surface area (Å²) in [4.78, 5) is 4.14. The maximum absolute atomic E-state index is 8.58. The van der Waals surface area contributed by atoms with Crippen LogP contribution in [-0.2, 0) is 4.74 Å². The quantitative estimate of drug-likeness (QED) is 0.822. The summed E-state index contributed by atoms with van der Waals surface area (Å²) < 4.78 is 10.8. The lowest BCUT2D eigenvalue weighted by Crippen LogP contribution is -2.16. The van der Waals surface area contributed by atoms with Gasteiger partial charge >= 0.3 is 0 Å². The molecule has 1 aromatic heterocycles. The van der Waals surface area contributed by atoms with Gasteiger partial charge in [-0.25, -0.2) is 4.98 Å². The number of aromatic nitrogens is 1. The van der Waals surface area contributed by atoms with Crippen LogP contribution in [0.5, 0.6) is 5.88 Å². The van der Waals surface area contributed by atoms with Gasteiger partial charge in [0.05, 0.1) is 25.1 Å². The van der Waals surface area contributed by atoms with Crippen molar-refractivity contribution in [3.8, 4) is 18.0 Å². The first-order chi connectivity index (χ1) is 9.31. The van der Waals surface area contributed by atoms with Gasteiger partial charge in [-0.15, -0.1) is 0 Å². The minimum atomic E-state index is 0.00318. The van der Waals surface area contributed by atoms with Gasteiger partial charge in [0, 0.05) is 18.7 Å². The van der Waals surface area contributed by atoms with Gasteiger partial charge in [0.15, 0.2) is 0 Å². The van der Waals surface area contributed by atoms with E-state index in [0.717, 1.165) is 13.0 Å². The topological polar surface area (TPSA) is 91.0 Å². The number of hydrogen-bond donors (Lipinski definition) is 1. The Bertz CT molecular complexity index is 517. The van der Waals surface area contributed by atoms with Crippen LogP contribution in [0.15, 0.2) is 30.1 Å². The molecule has 1 aliphatic heterocycles. The zero-order valence-corrected chi connectivity index (χ0v) is 10.2. The molecular weight excluding hydrogens is 244 g/mol. The van der Waals surface area contributed by atoms with E-state index in [1.165, 1.54) is 6.20 Å². The molecule has 6 nitrogen and oxygen atoms in total. The fourth-order valence-electron chi connectivity index (χ4n) is 1.56. The normalized spacial score (nSPS) is 17.1. The second-order valence-corrected chi connectivity index (χ2v) is 3.91. The lowest BCUT2D eigenvalue weighted by molar-refractivity contribution is 0.138. The average molecular weight is 256 g/mol. The van der Waals surface area contributed by atoms with Crippen LogP contribution in [0.1, 0.15) is 6.42 Å². The Labute approximate surface area is 110 Å². The number of hydrogen-bond acceptors (Lipinski definition) is 6. The molecule has 1 unspecified atom stereocenters. The molecule has 6 heteroatoms. The minimum absolute atomic E-state index is 0.00318. The van der Waals surface area contributed by atoms with E-state index in [2.05, 4.69) is 10.3 Å². The van der Waals surface area contributed by atoms with E-state index in [1.807, 2.05) is 0 Å². The largest absolute Gasteiger partial charge is 0.472 e. The predicted octanol–water partition coefficient (Wildman–Crippen LogP) is 1.59. The summed E-state index contributed by atoms with van der Waals surface area (Å²) >= 11 is 0. The Morgan fingerprint density at radius 1 is 1.47 bits per heavy atom. The second-order valence-electron chi connectivity index (χ2n) is 3.91. The highest BCUT2D eigenvalue weighted by atomic mass is 16.5. The van der Waals surface area contributed by atoms with Gasteiger partial charge in [0.1, 0.15) is 23.8 Å². The molecule has 1 N–H and O–H groups in total. The van der Waals surface area contributed by atoms with Crippen LogP contribution >= 0.6 is 0 Å². The van der Waals surface area contributed by atoms with Crippen LogP contribution in [0.3, 0.4) is 0 Å². The molecule has 0 aromatic carbocycles. The molecule has 1 aliphatic rings. The third-order valence-corrected chi connectivity index (χ3v) is 2.54. The smallest absolute Gasteiger partial charge is 0.213 e. The first kappa shape index (κ1) is 12.9. The van der Waals surface area contributed by atoms with Crippen LogP contribution < -0.4 is 10.1 Å². The summed E-state index contributed by atoms with van der Waals surface area (Å²) in [5.74, 6) is 0.533. The molecule has 0 bridgehead atoms. The Balaban J connectivity index is 1.93. The number of nitrogens with zero attached hydrogens (tertiary/aromatic N) is 3. The third-order valence-electron chi connectivity index (χ3n) is 2.54. The third kappa shape index (κ3) is 3.70. The van der Waals surface area contributed by atoms with Crippen LogP contribution in [0, 0.1) is 22.7 Å². The van der Waals surface area contributed by atoms with E-state index >= 15 is 0 Å². The van der Waals surface area contributed by atoms with E-state index in [1.54, 1.807) is 30.5 Å². The van der Waals surface area contributed by atoms with Crippen molar-refractivity contribution in [3.05, 3.63) is 30.1 Å². The molecule has 1 atom stereocenters. The molecule has 1 fully saturated rings. The highest BCUT2D eigenvalue weighted by Gasteiger charge is 2.17. The molecule has 0 aliphatic carbocycles. The maximum atomic E-state index is 8.58. The van der Waals surface area contributed by atoms with Crippen LogP contribution in [-0.4, -0.2) is 24.3 Å². The zero-order chi connectivity index (χ0) is 13.5. The lowest BCUT2D eigenvalue weighted by Gasteiger charge is -2.10. The fraction of sp³-hybridized carbons (Fsp3) is 0.308. The number of nitriles is 2. The second kappa shape index (κ2) is 6.39. The Morgan fingerprint density at radius 2 is 2.32 bits per heavy atom. The summed E-state index contributed by atoms with van der Waals surface area (Å²) in [6.45, 7) is 1.32. The first-order valence-electron chi connectivity index (χ1n) is 5.79. The Kier molecular flexibility index (Phi) is 4.33. The van der Waals surface area contributed by atoms with Crippen LogP contribution in [0.2, 0.25) is 0 Å². The summed E-state index contributed by atoms with van der Waals surface area (Å²) in [7, 11) is 0. The van der Waals surface area contributed by atoms with Crippen molar-refractivity contribution in [2.24, 2.45) is 0 Å². The fourth-order valence-corrected chi connectivity index (χ4v) is 1.56. The molecule has 96 valence electrons. The molecule has 0 radical (unpaired) electrons. The number of rotatable bonds is 4. The maximum Gasteiger partial charge on any atom is 0.213 e. The standard InChI is InChI=1S/C13H12N4O2/c14-5-10(6-15)7-16-11-1-2-13(17-8-11)19-12-3-4-18-9-12/h1-2,7-8,12,16H,3-4,9H2. The lowest BCUT2D eigenvalue weighted by atomic mass is 10.3. The molecule has 1 aromatic rings. The number of ether oxygens (including phenoxy) is 2. The summed E-state index contributed by atoms with van der Waals surface area (Å²) in [5, 5.41) is 20.0. The molecule has 19 heavy (non-hydrogen) atoms. The summed E-state index contributed by atoms with van der Waals surface area (Å²) in [5.41, 5.74) is 0.682. The molecule has 0 spiro atoms. The van der Waals surface area contributed by atoms with Crippen molar-refractivity contribution in [1.29, 1.82) is 10.5 Å². The molecule has 1 saturated heterocycles. The van der Waals surface area contributed by atoms with Gasteiger partial charge in [-0.2, -0.15) is 10.5 Å². The van der Waals surface area contributed by atoms with Gasteiger partial charge in [-0.05, 0) is 6.07 Å². The number of nitrogens with one attached hydrogen (secondary N) is 1. The molecule has 2 heterocycles. The molecule has 0 saturated carbocycles. The van der Waals surface area contributed by atoms with E-state index in [9.17, 15) is 0 Å². The van der Waals surface area contributed by atoms with Gasteiger partial charge in [-0.3, -0.25) is 0 Å². The average Bonchev–Trinajstić information content (AvgIpc) is 2.95. The SMILES string of the molecule is N#CC(C#N)=CNc1ccc(OC2CCOC2)nc1. The van der Waals surface area contributed by atoms with Gasteiger partial charge < -0.3 is 14.8 Å². The van der Waals surface area contributed by atoms with Crippen molar-refractivity contribution in [2.45, 2.75) is 12.5 Å². The minimum Gasteiger partial charge on any atom is -0.472 e. The van der Waals surface area contributed by atoms with Crippen LogP contribution in [0.4, 0.5) is 5.69 Å². The van der Waals surface area contributed by atoms with Gasteiger partial charge in [0.2, 0.25) is 5.88 Å². The number of allylic oxidation sites excluding steroid dienone is 1. The highest BCUT2D eigenvalue weighted by Crippen LogP contribution is 2.16. The summed E-state index contributed by atoms with van der Waals surface area (Å²) in [6.07, 6.45) is 3.85. The Morgan fingerprint density at radius 3 is 2.89 bits per heavy atom. The van der Waals surface area contributed by atoms with E-state index in [0.29, 0.717) is 18.2 Å². The van der Waals surface area contributed by atoms with E-state index < -0.39 is 0 Å². The van der Waals surface area contributed by atoms with Crippen molar-refractivity contribution in [2.75, 3.05) is 18.5 Å². The summed E-state index contributed by atoms with van der Waals surface area (Å²) in [6, 6.07) is 7.01. The number of anilines is 1. The van der Waals surface area contributed by atoms with Crippen molar-refractivity contribution < 1.29 is 9.47 Å². The molecule has 0 amide bonds.